The van der Waals surface area contributed by atoms with Crippen molar-refractivity contribution in [3.05, 3.63) is 23.3 Å². The SMILES string of the molecule is CCOC(=O)c1cc(O)c(C#N)cc1S. The van der Waals surface area contributed by atoms with Gasteiger partial charge in [0.15, 0.2) is 0 Å². The van der Waals surface area contributed by atoms with Crippen molar-refractivity contribution in [2.75, 3.05) is 6.61 Å². The van der Waals surface area contributed by atoms with E-state index in [9.17, 15) is 9.90 Å². The van der Waals surface area contributed by atoms with E-state index in [4.69, 9.17) is 10.00 Å². The molecule has 0 aliphatic rings. The summed E-state index contributed by atoms with van der Waals surface area (Å²) in [5, 5.41) is 18.0. The number of carbonyl (C=O) groups is 1. The van der Waals surface area contributed by atoms with E-state index >= 15 is 0 Å². The molecule has 1 rings (SSSR count). The molecule has 0 heterocycles. The van der Waals surface area contributed by atoms with Crippen LogP contribution in [0.5, 0.6) is 5.75 Å². The lowest BCUT2D eigenvalue weighted by atomic mass is 10.1. The topological polar surface area (TPSA) is 70.3 Å². The molecule has 0 bridgehead atoms. The fourth-order valence-corrected chi connectivity index (χ4v) is 1.32. The molecule has 0 amide bonds. The second-order valence-corrected chi connectivity index (χ2v) is 3.20. The number of carbonyl (C=O) groups excluding carboxylic acids is 1. The summed E-state index contributed by atoms with van der Waals surface area (Å²) in [5.74, 6) is -0.819. The molecule has 1 aromatic carbocycles. The summed E-state index contributed by atoms with van der Waals surface area (Å²) in [6.07, 6.45) is 0. The molecular formula is C10H9NO3S. The van der Waals surface area contributed by atoms with Crippen LogP contribution < -0.4 is 0 Å². The van der Waals surface area contributed by atoms with Gasteiger partial charge in [0.25, 0.3) is 0 Å². The Morgan fingerprint density at radius 3 is 2.87 bits per heavy atom. The van der Waals surface area contributed by atoms with Gasteiger partial charge in [-0.05, 0) is 19.1 Å². The Morgan fingerprint density at radius 1 is 1.67 bits per heavy atom. The first-order valence-corrected chi connectivity index (χ1v) is 4.68. The summed E-state index contributed by atoms with van der Waals surface area (Å²) in [6, 6.07) is 4.29. The van der Waals surface area contributed by atoms with Crippen LogP contribution in [0.25, 0.3) is 0 Å². The maximum absolute atomic E-state index is 11.4. The molecule has 5 heteroatoms. The fourth-order valence-electron chi connectivity index (χ4n) is 1.04. The van der Waals surface area contributed by atoms with Gasteiger partial charge in [-0.3, -0.25) is 0 Å². The van der Waals surface area contributed by atoms with Gasteiger partial charge in [0, 0.05) is 4.90 Å². The minimum absolute atomic E-state index is 0.0769. The van der Waals surface area contributed by atoms with E-state index in [1.807, 2.05) is 0 Å². The molecule has 0 aromatic heterocycles. The quantitative estimate of drug-likeness (QED) is 0.591. The molecule has 0 radical (unpaired) electrons. The zero-order valence-electron chi connectivity index (χ0n) is 8.02. The lowest BCUT2D eigenvalue weighted by Gasteiger charge is -2.06. The van der Waals surface area contributed by atoms with Crippen LogP contribution in [-0.2, 0) is 4.74 Å². The smallest absolute Gasteiger partial charge is 0.339 e. The number of phenolic OH excluding ortho intramolecular Hbond substituents is 1. The number of phenols is 1. The summed E-state index contributed by atoms with van der Waals surface area (Å²) in [5.41, 5.74) is 0.227. The molecular weight excluding hydrogens is 214 g/mol. The van der Waals surface area contributed by atoms with Gasteiger partial charge >= 0.3 is 5.97 Å². The molecule has 0 unspecified atom stereocenters. The van der Waals surface area contributed by atoms with Crippen LogP contribution in [0.15, 0.2) is 17.0 Å². The number of aromatic hydroxyl groups is 1. The number of benzene rings is 1. The summed E-state index contributed by atoms with van der Waals surface area (Å²) in [6.45, 7) is 1.92. The molecule has 0 aliphatic heterocycles. The van der Waals surface area contributed by atoms with Gasteiger partial charge in [0.1, 0.15) is 11.8 Å². The van der Waals surface area contributed by atoms with Crippen molar-refractivity contribution in [3.8, 4) is 11.8 Å². The first-order chi connectivity index (χ1) is 7.10. The first kappa shape index (κ1) is 11.4. The van der Waals surface area contributed by atoms with Gasteiger partial charge in [-0.1, -0.05) is 0 Å². The highest BCUT2D eigenvalue weighted by Gasteiger charge is 2.14. The van der Waals surface area contributed by atoms with E-state index in [1.54, 1.807) is 13.0 Å². The number of ether oxygens (including phenoxy) is 1. The lowest BCUT2D eigenvalue weighted by Crippen LogP contribution is -2.05. The molecule has 0 saturated carbocycles. The Labute approximate surface area is 92.5 Å². The first-order valence-electron chi connectivity index (χ1n) is 4.23. The van der Waals surface area contributed by atoms with Crippen molar-refractivity contribution in [3.63, 3.8) is 0 Å². The third-order valence-corrected chi connectivity index (χ3v) is 2.10. The van der Waals surface area contributed by atoms with E-state index < -0.39 is 5.97 Å². The van der Waals surface area contributed by atoms with Crippen molar-refractivity contribution >= 4 is 18.6 Å². The number of thiol groups is 1. The van der Waals surface area contributed by atoms with Crippen LogP contribution in [0.1, 0.15) is 22.8 Å². The zero-order valence-corrected chi connectivity index (χ0v) is 8.91. The zero-order chi connectivity index (χ0) is 11.4. The monoisotopic (exact) mass is 223 g/mol. The number of rotatable bonds is 2. The molecule has 1 aromatic rings. The number of hydrogen-bond donors (Lipinski definition) is 2. The highest BCUT2D eigenvalue weighted by Crippen LogP contribution is 2.25. The molecule has 78 valence electrons. The third-order valence-electron chi connectivity index (χ3n) is 1.73. The van der Waals surface area contributed by atoms with Crippen molar-refractivity contribution in [2.45, 2.75) is 11.8 Å². The molecule has 15 heavy (non-hydrogen) atoms. The van der Waals surface area contributed by atoms with Gasteiger partial charge in [-0.2, -0.15) is 5.26 Å². The molecule has 0 fully saturated rings. The summed E-state index contributed by atoms with van der Waals surface area (Å²) >= 11 is 4.04. The minimum atomic E-state index is -0.567. The van der Waals surface area contributed by atoms with Crippen molar-refractivity contribution in [1.29, 1.82) is 5.26 Å². The Kier molecular flexibility index (Phi) is 3.58. The highest BCUT2D eigenvalue weighted by molar-refractivity contribution is 7.80. The largest absolute Gasteiger partial charge is 0.507 e. The second kappa shape index (κ2) is 4.71. The Balaban J connectivity index is 3.17. The molecule has 4 nitrogen and oxygen atoms in total. The van der Waals surface area contributed by atoms with E-state index in [1.165, 1.54) is 12.1 Å². The average Bonchev–Trinajstić information content (AvgIpc) is 2.21. The minimum Gasteiger partial charge on any atom is -0.507 e. The van der Waals surface area contributed by atoms with Gasteiger partial charge in [-0.15, -0.1) is 12.6 Å². The van der Waals surface area contributed by atoms with Crippen LogP contribution in [0.4, 0.5) is 0 Å². The van der Waals surface area contributed by atoms with Crippen molar-refractivity contribution in [2.24, 2.45) is 0 Å². The number of nitrogens with zero attached hydrogens (tertiary/aromatic N) is 1. The van der Waals surface area contributed by atoms with E-state index in [0.29, 0.717) is 4.90 Å². The number of hydrogen-bond acceptors (Lipinski definition) is 5. The lowest BCUT2D eigenvalue weighted by molar-refractivity contribution is 0.0522. The van der Waals surface area contributed by atoms with E-state index in [2.05, 4.69) is 12.6 Å². The normalized spacial score (nSPS) is 9.40. The van der Waals surface area contributed by atoms with Crippen LogP contribution in [-0.4, -0.2) is 17.7 Å². The molecule has 1 N–H and O–H groups in total. The third kappa shape index (κ3) is 2.42. The number of esters is 1. The molecule has 0 saturated heterocycles. The predicted octanol–water partition coefficient (Wildman–Crippen LogP) is 1.73. The molecule has 0 aliphatic carbocycles. The Bertz CT molecular complexity index is 437. The Morgan fingerprint density at radius 2 is 2.33 bits per heavy atom. The fraction of sp³-hybridized carbons (Fsp3) is 0.200. The standard InChI is InChI=1S/C10H9NO3S/c1-2-14-10(13)7-4-8(12)6(5-11)3-9(7)15/h3-4,12,15H,2H2,1H3. The summed E-state index contributed by atoms with van der Waals surface area (Å²) < 4.78 is 4.76. The van der Waals surface area contributed by atoms with Gasteiger partial charge in [0.05, 0.1) is 17.7 Å². The van der Waals surface area contributed by atoms with Gasteiger partial charge in [-0.25, -0.2) is 4.79 Å². The van der Waals surface area contributed by atoms with E-state index in [-0.39, 0.29) is 23.5 Å². The number of nitriles is 1. The van der Waals surface area contributed by atoms with Gasteiger partial charge in [0.2, 0.25) is 0 Å². The van der Waals surface area contributed by atoms with Crippen LogP contribution in [0.3, 0.4) is 0 Å². The van der Waals surface area contributed by atoms with Crippen LogP contribution in [0, 0.1) is 11.3 Å². The van der Waals surface area contributed by atoms with Gasteiger partial charge < -0.3 is 9.84 Å². The molecule has 0 spiro atoms. The summed E-state index contributed by atoms with van der Waals surface area (Å²) in [4.78, 5) is 11.7. The van der Waals surface area contributed by atoms with Crippen molar-refractivity contribution in [1.82, 2.24) is 0 Å². The van der Waals surface area contributed by atoms with Crippen LogP contribution in [0.2, 0.25) is 0 Å². The Hall–Kier alpha value is -1.67. The van der Waals surface area contributed by atoms with Crippen LogP contribution >= 0.6 is 12.6 Å². The maximum atomic E-state index is 11.4. The highest BCUT2D eigenvalue weighted by atomic mass is 32.1. The second-order valence-electron chi connectivity index (χ2n) is 2.72. The average molecular weight is 223 g/mol. The maximum Gasteiger partial charge on any atom is 0.339 e. The summed E-state index contributed by atoms with van der Waals surface area (Å²) in [7, 11) is 0. The van der Waals surface area contributed by atoms with Crippen molar-refractivity contribution < 1.29 is 14.6 Å². The van der Waals surface area contributed by atoms with E-state index in [0.717, 1.165) is 0 Å². The predicted molar refractivity (Wildman–Crippen MR) is 56.0 cm³/mol. The molecule has 0 atom stereocenters.